The first-order chi connectivity index (χ1) is 4.70. The summed E-state index contributed by atoms with van der Waals surface area (Å²) in [5.41, 5.74) is 0.935. The van der Waals surface area contributed by atoms with Crippen LogP contribution >= 0.6 is 0 Å². The van der Waals surface area contributed by atoms with Gasteiger partial charge in [-0.15, -0.1) is 0 Å². The summed E-state index contributed by atoms with van der Waals surface area (Å²) < 4.78 is 0. The molecule has 0 aromatic carbocycles. The third kappa shape index (κ3) is 1.69. The lowest BCUT2D eigenvalue weighted by atomic mass is 9.84. The average molecular weight is 138 g/mol. The molecular weight excluding hydrogens is 124 g/mol. The van der Waals surface area contributed by atoms with Crippen LogP contribution in [0.15, 0.2) is 11.6 Å². The van der Waals surface area contributed by atoms with Crippen LogP contribution in [0.3, 0.4) is 0 Å². The fourth-order valence-electron chi connectivity index (χ4n) is 1.08. The van der Waals surface area contributed by atoms with Gasteiger partial charge in [0.05, 0.1) is 0 Å². The second-order valence-electron chi connectivity index (χ2n) is 3.10. The summed E-state index contributed by atoms with van der Waals surface area (Å²) in [6, 6.07) is 0. The first kappa shape index (κ1) is 7.52. The van der Waals surface area contributed by atoms with E-state index in [2.05, 4.69) is 6.08 Å². The van der Waals surface area contributed by atoms with Crippen molar-refractivity contribution in [1.82, 2.24) is 0 Å². The molecule has 1 aliphatic rings. The van der Waals surface area contributed by atoms with Crippen molar-refractivity contribution in [1.29, 1.82) is 0 Å². The van der Waals surface area contributed by atoms with Crippen LogP contribution in [0.4, 0.5) is 0 Å². The van der Waals surface area contributed by atoms with Crippen molar-refractivity contribution in [2.45, 2.75) is 33.1 Å². The highest BCUT2D eigenvalue weighted by Gasteiger charge is 2.15. The van der Waals surface area contributed by atoms with E-state index in [4.69, 9.17) is 0 Å². The molecule has 0 heterocycles. The molecule has 1 heteroatoms. The van der Waals surface area contributed by atoms with Crippen molar-refractivity contribution in [3.8, 4) is 0 Å². The zero-order valence-corrected chi connectivity index (χ0v) is 6.68. The fraction of sp³-hybridized carbons (Fsp3) is 0.667. The van der Waals surface area contributed by atoms with Gasteiger partial charge in [0.15, 0.2) is 5.78 Å². The van der Waals surface area contributed by atoms with Crippen LogP contribution < -0.4 is 0 Å². The molecule has 0 atom stereocenters. The molecule has 0 amide bonds. The minimum Gasteiger partial charge on any atom is -0.295 e. The summed E-state index contributed by atoms with van der Waals surface area (Å²) in [4.78, 5) is 10.8. The maximum absolute atomic E-state index is 10.8. The fourth-order valence-corrected chi connectivity index (χ4v) is 1.08. The molecule has 56 valence electrons. The Morgan fingerprint density at radius 2 is 2.00 bits per heavy atom. The van der Waals surface area contributed by atoms with E-state index in [1.54, 1.807) is 6.92 Å². The Bertz CT molecular complexity index is 164. The second kappa shape index (κ2) is 3.00. The average Bonchev–Trinajstić information content (AvgIpc) is 1.77. The number of carbonyl (C=O) groups excluding carboxylic acids is 1. The number of carbonyl (C=O) groups is 1. The van der Waals surface area contributed by atoms with Gasteiger partial charge < -0.3 is 0 Å². The van der Waals surface area contributed by atoms with Crippen LogP contribution in [0.5, 0.6) is 0 Å². The quantitative estimate of drug-likeness (QED) is 0.535. The van der Waals surface area contributed by atoms with E-state index in [1.807, 2.05) is 6.92 Å². The molecular formula is C9H14O. The summed E-state index contributed by atoms with van der Waals surface area (Å²) >= 11 is 0. The molecule has 1 saturated carbocycles. The summed E-state index contributed by atoms with van der Waals surface area (Å²) in [6.45, 7) is 3.53. The van der Waals surface area contributed by atoms with E-state index < -0.39 is 0 Å². The Labute approximate surface area is 62.1 Å². The molecule has 1 rings (SSSR count). The molecule has 0 aromatic heterocycles. The number of Topliss-reactive ketones (excluding diaryl/α,β-unsaturated/α-hetero) is 1. The van der Waals surface area contributed by atoms with Gasteiger partial charge >= 0.3 is 0 Å². The van der Waals surface area contributed by atoms with Crippen molar-refractivity contribution in [3.05, 3.63) is 11.6 Å². The van der Waals surface area contributed by atoms with E-state index in [9.17, 15) is 4.79 Å². The minimum atomic E-state index is 0.215. The number of allylic oxidation sites excluding steroid dienone is 2. The molecule has 0 bridgehead atoms. The van der Waals surface area contributed by atoms with Gasteiger partial charge in [0.1, 0.15) is 0 Å². The zero-order valence-electron chi connectivity index (χ0n) is 6.68. The van der Waals surface area contributed by atoms with Crippen molar-refractivity contribution in [2.75, 3.05) is 0 Å². The highest BCUT2D eigenvalue weighted by atomic mass is 16.1. The van der Waals surface area contributed by atoms with Gasteiger partial charge in [-0.1, -0.05) is 12.5 Å². The molecule has 0 aromatic rings. The van der Waals surface area contributed by atoms with Gasteiger partial charge in [-0.05, 0) is 38.2 Å². The van der Waals surface area contributed by atoms with Gasteiger partial charge in [0.25, 0.3) is 0 Å². The van der Waals surface area contributed by atoms with E-state index in [0.717, 1.165) is 5.57 Å². The highest BCUT2D eigenvalue weighted by Crippen LogP contribution is 2.28. The number of rotatable bonds is 2. The SMILES string of the molecule is CC(=O)C(C)=CC1CCC1. The predicted molar refractivity (Wildman–Crippen MR) is 41.8 cm³/mol. The lowest BCUT2D eigenvalue weighted by molar-refractivity contribution is -0.113. The topological polar surface area (TPSA) is 17.1 Å². The van der Waals surface area contributed by atoms with Gasteiger partial charge in [0.2, 0.25) is 0 Å². The van der Waals surface area contributed by atoms with E-state index in [1.165, 1.54) is 19.3 Å². The molecule has 1 fully saturated rings. The van der Waals surface area contributed by atoms with Crippen molar-refractivity contribution < 1.29 is 4.79 Å². The number of ketones is 1. The maximum Gasteiger partial charge on any atom is 0.155 e. The lowest BCUT2D eigenvalue weighted by Gasteiger charge is -2.21. The Balaban J connectivity index is 2.44. The van der Waals surface area contributed by atoms with Gasteiger partial charge in [0, 0.05) is 0 Å². The van der Waals surface area contributed by atoms with E-state index >= 15 is 0 Å². The van der Waals surface area contributed by atoms with Crippen molar-refractivity contribution >= 4 is 5.78 Å². The van der Waals surface area contributed by atoms with E-state index in [0.29, 0.717) is 5.92 Å². The Hall–Kier alpha value is -0.590. The highest BCUT2D eigenvalue weighted by molar-refractivity contribution is 5.92. The molecule has 0 spiro atoms. The van der Waals surface area contributed by atoms with Crippen molar-refractivity contribution in [2.24, 2.45) is 5.92 Å². The standard InChI is InChI=1S/C9H14O/c1-7(8(2)10)6-9-4-3-5-9/h6,9H,3-5H2,1-2H3. The van der Waals surface area contributed by atoms with E-state index in [-0.39, 0.29) is 5.78 Å². The van der Waals surface area contributed by atoms with Gasteiger partial charge in [-0.3, -0.25) is 4.79 Å². The molecule has 1 aliphatic carbocycles. The monoisotopic (exact) mass is 138 g/mol. The number of hydrogen-bond donors (Lipinski definition) is 0. The molecule has 0 aliphatic heterocycles. The summed E-state index contributed by atoms with van der Waals surface area (Å²) in [7, 11) is 0. The summed E-state index contributed by atoms with van der Waals surface area (Å²) in [5, 5.41) is 0. The molecule has 0 unspecified atom stereocenters. The Morgan fingerprint density at radius 3 is 2.30 bits per heavy atom. The Kier molecular flexibility index (Phi) is 2.25. The van der Waals surface area contributed by atoms with Gasteiger partial charge in [-0.2, -0.15) is 0 Å². The largest absolute Gasteiger partial charge is 0.295 e. The first-order valence-electron chi connectivity index (χ1n) is 3.89. The van der Waals surface area contributed by atoms with Crippen LogP contribution in [0.25, 0.3) is 0 Å². The third-order valence-electron chi connectivity index (χ3n) is 2.19. The Morgan fingerprint density at radius 1 is 1.40 bits per heavy atom. The first-order valence-corrected chi connectivity index (χ1v) is 3.89. The molecule has 1 nitrogen and oxygen atoms in total. The zero-order chi connectivity index (χ0) is 7.56. The van der Waals surface area contributed by atoms with Crippen LogP contribution in [-0.2, 0) is 4.79 Å². The molecule has 0 N–H and O–H groups in total. The van der Waals surface area contributed by atoms with Crippen LogP contribution in [0, 0.1) is 5.92 Å². The normalized spacial score (nSPS) is 20.4. The smallest absolute Gasteiger partial charge is 0.155 e. The molecule has 0 saturated heterocycles. The summed E-state index contributed by atoms with van der Waals surface area (Å²) in [6.07, 6.45) is 6.02. The van der Waals surface area contributed by atoms with Crippen LogP contribution in [0.1, 0.15) is 33.1 Å². The van der Waals surface area contributed by atoms with Gasteiger partial charge in [-0.25, -0.2) is 0 Å². The lowest BCUT2D eigenvalue weighted by Crippen LogP contribution is -2.09. The molecule has 10 heavy (non-hydrogen) atoms. The second-order valence-corrected chi connectivity index (χ2v) is 3.10. The predicted octanol–water partition coefficient (Wildman–Crippen LogP) is 2.32. The third-order valence-corrected chi connectivity index (χ3v) is 2.19. The number of hydrogen-bond acceptors (Lipinski definition) is 1. The maximum atomic E-state index is 10.8. The molecule has 0 radical (unpaired) electrons. The summed E-state index contributed by atoms with van der Waals surface area (Å²) in [5.74, 6) is 0.927. The van der Waals surface area contributed by atoms with Crippen molar-refractivity contribution in [3.63, 3.8) is 0 Å². The van der Waals surface area contributed by atoms with Crippen LogP contribution in [0.2, 0.25) is 0 Å². The van der Waals surface area contributed by atoms with Crippen LogP contribution in [-0.4, -0.2) is 5.78 Å². The minimum absolute atomic E-state index is 0.215.